The summed E-state index contributed by atoms with van der Waals surface area (Å²) in [6.45, 7) is 3.21. The number of alkyl halides is 2. The molecule has 1 atom stereocenters. The molecule has 0 unspecified atom stereocenters. The van der Waals surface area contributed by atoms with Crippen LogP contribution in [0.2, 0.25) is 0 Å². The topological polar surface area (TPSA) is 24.5 Å². The van der Waals surface area contributed by atoms with Gasteiger partial charge in [-0.05, 0) is 24.6 Å². The van der Waals surface area contributed by atoms with E-state index in [2.05, 4.69) is 21.9 Å². The van der Waals surface area contributed by atoms with Gasteiger partial charge in [-0.15, -0.1) is 0 Å². The molecule has 0 bridgehead atoms. The number of nitrogens with zero attached hydrogens (tertiary/aromatic N) is 1. The maximum atomic E-state index is 12.2. The summed E-state index contributed by atoms with van der Waals surface area (Å²) in [5.41, 5.74) is 1.01. The predicted molar refractivity (Wildman–Crippen MR) is 65.9 cm³/mol. The van der Waals surface area contributed by atoms with Crippen molar-refractivity contribution < 1.29 is 13.5 Å². The van der Waals surface area contributed by atoms with E-state index in [1.54, 1.807) is 18.2 Å². The minimum absolute atomic E-state index is 0.216. The lowest BCUT2D eigenvalue weighted by Gasteiger charge is -2.33. The second kappa shape index (κ2) is 6.11. The van der Waals surface area contributed by atoms with Gasteiger partial charge >= 0.3 is 6.61 Å². The number of hydrogen-bond donors (Lipinski definition) is 1. The monoisotopic (exact) mass is 256 g/mol. The van der Waals surface area contributed by atoms with E-state index in [-0.39, 0.29) is 11.8 Å². The third kappa shape index (κ3) is 3.40. The summed E-state index contributed by atoms with van der Waals surface area (Å²) in [5, 5.41) is 3.29. The van der Waals surface area contributed by atoms with Crippen LogP contribution in [0.25, 0.3) is 0 Å². The number of hydrogen-bond acceptors (Lipinski definition) is 3. The third-order valence-electron chi connectivity index (χ3n) is 3.26. The molecule has 1 heterocycles. The first-order valence-electron chi connectivity index (χ1n) is 6.16. The second-order valence-corrected chi connectivity index (χ2v) is 4.41. The first kappa shape index (κ1) is 13.2. The van der Waals surface area contributed by atoms with Crippen molar-refractivity contribution in [3.8, 4) is 5.75 Å². The van der Waals surface area contributed by atoms with Crippen LogP contribution in [0, 0.1) is 0 Å². The molecule has 100 valence electrons. The van der Waals surface area contributed by atoms with E-state index in [1.165, 1.54) is 0 Å². The van der Waals surface area contributed by atoms with Crippen molar-refractivity contribution in [2.24, 2.45) is 0 Å². The lowest BCUT2D eigenvalue weighted by Crippen LogP contribution is -2.44. The predicted octanol–water partition coefficient (Wildman–Crippen LogP) is 2.25. The van der Waals surface area contributed by atoms with Gasteiger partial charge in [-0.2, -0.15) is 8.78 Å². The number of ether oxygens (including phenoxy) is 1. The molecular weight excluding hydrogens is 238 g/mol. The number of benzene rings is 1. The summed E-state index contributed by atoms with van der Waals surface area (Å²) in [6, 6.07) is 7.17. The zero-order valence-electron chi connectivity index (χ0n) is 10.4. The molecule has 1 N–H and O–H groups in total. The summed E-state index contributed by atoms with van der Waals surface area (Å²) >= 11 is 0. The maximum Gasteiger partial charge on any atom is 0.387 e. The fraction of sp³-hybridized carbons (Fsp3) is 0.538. The smallest absolute Gasteiger partial charge is 0.387 e. The molecular formula is C13H18F2N2O. The Labute approximate surface area is 106 Å². The van der Waals surface area contributed by atoms with Crippen molar-refractivity contribution in [3.63, 3.8) is 0 Å². The minimum Gasteiger partial charge on any atom is -0.435 e. The Kier molecular flexibility index (Phi) is 4.49. The van der Waals surface area contributed by atoms with E-state index in [0.717, 1.165) is 31.7 Å². The molecule has 1 fully saturated rings. The molecule has 0 radical (unpaired) electrons. The molecule has 2 rings (SSSR count). The lowest BCUT2D eigenvalue weighted by atomic mass is 10.1. The molecule has 0 saturated carbocycles. The Morgan fingerprint density at radius 1 is 1.28 bits per heavy atom. The molecule has 1 aliphatic rings. The van der Waals surface area contributed by atoms with E-state index >= 15 is 0 Å². The highest BCUT2D eigenvalue weighted by atomic mass is 19.3. The third-order valence-corrected chi connectivity index (χ3v) is 3.26. The number of nitrogens with one attached hydrogen (secondary N) is 1. The van der Waals surface area contributed by atoms with Crippen molar-refractivity contribution in [3.05, 3.63) is 29.8 Å². The van der Waals surface area contributed by atoms with Gasteiger partial charge in [0.1, 0.15) is 5.75 Å². The summed E-state index contributed by atoms with van der Waals surface area (Å²) in [7, 11) is 0. The van der Waals surface area contributed by atoms with Crippen LogP contribution >= 0.6 is 0 Å². The fourth-order valence-electron chi connectivity index (χ4n) is 2.23. The molecule has 5 heteroatoms. The minimum atomic E-state index is -2.77. The molecule has 1 aliphatic heterocycles. The quantitative estimate of drug-likeness (QED) is 0.894. The van der Waals surface area contributed by atoms with Crippen LogP contribution in [-0.4, -0.2) is 37.7 Å². The van der Waals surface area contributed by atoms with Gasteiger partial charge in [-0.3, -0.25) is 4.90 Å². The Morgan fingerprint density at radius 2 is 2.00 bits per heavy atom. The highest BCUT2D eigenvalue weighted by molar-refractivity contribution is 5.30. The first-order valence-corrected chi connectivity index (χ1v) is 6.16. The molecule has 0 amide bonds. The van der Waals surface area contributed by atoms with E-state index in [9.17, 15) is 8.78 Å². The van der Waals surface area contributed by atoms with Crippen LogP contribution in [0.15, 0.2) is 24.3 Å². The van der Waals surface area contributed by atoms with Crippen LogP contribution < -0.4 is 10.1 Å². The Bertz CT molecular complexity index is 381. The summed E-state index contributed by atoms with van der Waals surface area (Å²) in [6.07, 6.45) is 0. The molecule has 18 heavy (non-hydrogen) atoms. The largest absolute Gasteiger partial charge is 0.435 e. The average Bonchev–Trinajstić information content (AvgIpc) is 2.38. The van der Waals surface area contributed by atoms with Crippen molar-refractivity contribution in [2.45, 2.75) is 19.6 Å². The van der Waals surface area contributed by atoms with Crippen LogP contribution in [0.5, 0.6) is 5.75 Å². The number of rotatable bonds is 4. The van der Waals surface area contributed by atoms with Gasteiger partial charge in [-0.1, -0.05) is 12.1 Å². The first-order chi connectivity index (χ1) is 8.66. The standard InChI is InChI=1S/C13H18F2N2O/c1-10(17-7-5-16-6-8-17)11-3-2-4-12(9-11)18-13(14)15/h2-4,9-10,13,16H,5-8H2,1H3/t10-/m0/s1. The van der Waals surface area contributed by atoms with E-state index < -0.39 is 6.61 Å². The van der Waals surface area contributed by atoms with Crippen LogP contribution in [-0.2, 0) is 0 Å². The molecule has 1 aromatic rings. The second-order valence-electron chi connectivity index (χ2n) is 4.41. The van der Waals surface area contributed by atoms with Gasteiger partial charge in [0.15, 0.2) is 0 Å². The SMILES string of the molecule is C[C@@H](c1cccc(OC(F)F)c1)N1CCNCC1. The van der Waals surface area contributed by atoms with Crippen molar-refractivity contribution >= 4 is 0 Å². The fourth-order valence-corrected chi connectivity index (χ4v) is 2.23. The molecule has 1 aromatic carbocycles. The van der Waals surface area contributed by atoms with Crippen molar-refractivity contribution in [1.82, 2.24) is 10.2 Å². The molecule has 1 saturated heterocycles. The van der Waals surface area contributed by atoms with E-state index in [0.29, 0.717) is 0 Å². The van der Waals surface area contributed by atoms with Crippen molar-refractivity contribution in [2.75, 3.05) is 26.2 Å². The van der Waals surface area contributed by atoms with Gasteiger partial charge < -0.3 is 10.1 Å². The van der Waals surface area contributed by atoms with Crippen LogP contribution in [0.1, 0.15) is 18.5 Å². The molecule has 0 aromatic heterocycles. The van der Waals surface area contributed by atoms with Gasteiger partial charge in [-0.25, -0.2) is 0 Å². The Balaban J connectivity index is 2.06. The zero-order valence-corrected chi connectivity index (χ0v) is 10.4. The number of piperazine rings is 1. The highest BCUT2D eigenvalue weighted by Gasteiger charge is 2.18. The Morgan fingerprint density at radius 3 is 2.67 bits per heavy atom. The zero-order chi connectivity index (χ0) is 13.0. The van der Waals surface area contributed by atoms with E-state index in [4.69, 9.17) is 0 Å². The normalized spacial score (nSPS) is 18.9. The molecule has 0 aliphatic carbocycles. The molecule has 3 nitrogen and oxygen atoms in total. The Hall–Kier alpha value is -1.20. The van der Waals surface area contributed by atoms with Gasteiger partial charge in [0, 0.05) is 32.2 Å². The van der Waals surface area contributed by atoms with Gasteiger partial charge in [0.25, 0.3) is 0 Å². The van der Waals surface area contributed by atoms with Crippen molar-refractivity contribution in [1.29, 1.82) is 0 Å². The number of halogens is 2. The van der Waals surface area contributed by atoms with E-state index in [1.807, 2.05) is 6.07 Å². The van der Waals surface area contributed by atoms with Crippen LogP contribution in [0.3, 0.4) is 0 Å². The van der Waals surface area contributed by atoms with Gasteiger partial charge in [0.05, 0.1) is 0 Å². The summed E-state index contributed by atoms with van der Waals surface area (Å²) in [5.74, 6) is 0.226. The summed E-state index contributed by atoms with van der Waals surface area (Å²) in [4.78, 5) is 2.33. The van der Waals surface area contributed by atoms with Crippen LogP contribution in [0.4, 0.5) is 8.78 Å². The van der Waals surface area contributed by atoms with Gasteiger partial charge in [0.2, 0.25) is 0 Å². The molecule has 0 spiro atoms. The highest BCUT2D eigenvalue weighted by Crippen LogP contribution is 2.24. The lowest BCUT2D eigenvalue weighted by molar-refractivity contribution is -0.0499. The summed E-state index contributed by atoms with van der Waals surface area (Å²) < 4.78 is 28.8. The maximum absolute atomic E-state index is 12.2. The average molecular weight is 256 g/mol.